The zero-order chi connectivity index (χ0) is 11.0. The van der Waals surface area contributed by atoms with Crippen molar-refractivity contribution in [2.45, 2.75) is 29.6 Å². The highest BCUT2D eigenvalue weighted by Gasteiger charge is 2.25. The molecular weight excluding hydrogens is 238 g/mol. The van der Waals surface area contributed by atoms with Crippen molar-refractivity contribution in [3.05, 3.63) is 17.1 Å². The highest BCUT2D eigenvalue weighted by Crippen LogP contribution is 2.40. The monoisotopic (exact) mass is 253 g/mol. The smallest absolute Gasteiger partial charge is 0.144 e. The lowest BCUT2D eigenvalue weighted by Gasteiger charge is -2.12. The predicted molar refractivity (Wildman–Crippen MR) is 71.0 cm³/mol. The molecule has 1 atom stereocenters. The van der Waals surface area contributed by atoms with Gasteiger partial charge in [-0.2, -0.15) is 23.5 Å². The van der Waals surface area contributed by atoms with Crippen LogP contribution in [0, 0.1) is 0 Å². The molecule has 3 rings (SSSR count). The summed E-state index contributed by atoms with van der Waals surface area (Å²) in [5, 5.41) is 3.75. The molecule has 0 radical (unpaired) electrons. The van der Waals surface area contributed by atoms with Gasteiger partial charge in [0.25, 0.3) is 0 Å². The van der Waals surface area contributed by atoms with Gasteiger partial charge in [-0.25, -0.2) is 9.97 Å². The van der Waals surface area contributed by atoms with E-state index in [4.69, 9.17) is 4.98 Å². The molecule has 16 heavy (non-hydrogen) atoms. The summed E-state index contributed by atoms with van der Waals surface area (Å²) in [6.07, 6.45) is 2.54. The van der Waals surface area contributed by atoms with Gasteiger partial charge in [-0.05, 0) is 18.6 Å². The molecule has 1 unspecified atom stereocenters. The lowest BCUT2D eigenvalue weighted by atomic mass is 10.2. The first-order chi connectivity index (χ1) is 7.88. The van der Waals surface area contributed by atoms with Crippen LogP contribution in [0.1, 0.15) is 35.2 Å². The van der Waals surface area contributed by atoms with Crippen molar-refractivity contribution in [1.82, 2.24) is 9.97 Å². The Labute approximate surface area is 104 Å². The summed E-state index contributed by atoms with van der Waals surface area (Å²) in [6.45, 7) is 0. The predicted octanol–water partition coefficient (Wildman–Crippen LogP) is 2.83. The fraction of sp³-hybridized carbons (Fsp3) is 0.636. The summed E-state index contributed by atoms with van der Waals surface area (Å²) < 4.78 is 0. The van der Waals surface area contributed by atoms with E-state index in [0.29, 0.717) is 5.25 Å². The Bertz CT molecular complexity index is 402. The molecule has 1 aromatic rings. The summed E-state index contributed by atoms with van der Waals surface area (Å²) in [5.74, 6) is 5.47. The van der Waals surface area contributed by atoms with E-state index in [1.165, 1.54) is 29.9 Å². The Balaban J connectivity index is 2.00. The number of hydrogen-bond donors (Lipinski definition) is 1. The minimum Gasteiger partial charge on any atom is -0.373 e. The molecule has 0 bridgehead atoms. The minimum atomic E-state index is 0.531. The summed E-state index contributed by atoms with van der Waals surface area (Å²) in [5.41, 5.74) is 2.58. The maximum Gasteiger partial charge on any atom is 0.144 e. The average Bonchev–Trinajstić information content (AvgIpc) is 2.97. The van der Waals surface area contributed by atoms with Gasteiger partial charge < -0.3 is 5.32 Å². The SMILES string of the molecule is CNc1nc(C2CCCS2)nc2c1CSC2. The first-order valence-electron chi connectivity index (χ1n) is 5.65. The van der Waals surface area contributed by atoms with Crippen LogP contribution in [0.5, 0.6) is 0 Å². The molecule has 2 aliphatic heterocycles. The lowest BCUT2D eigenvalue weighted by molar-refractivity contribution is 0.770. The number of thioether (sulfide) groups is 2. The number of fused-ring (bicyclic) bond motifs is 1. The first kappa shape index (κ1) is 10.7. The quantitative estimate of drug-likeness (QED) is 0.877. The first-order valence-corrected chi connectivity index (χ1v) is 7.85. The van der Waals surface area contributed by atoms with Crippen LogP contribution in [-0.2, 0) is 11.5 Å². The van der Waals surface area contributed by atoms with Crippen molar-refractivity contribution in [3.8, 4) is 0 Å². The highest BCUT2D eigenvalue weighted by atomic mass is 32.2. The fourth-order valence-electron chi connectivity index (χ4n) is 2.20. The minimum absolute atomic E-state index is 0.531. The summed E-state index contributed by atoms with van der Waals surface area (Å²) in [4.78, 5) is 9.44. The summed E-state index contributed by atoms with van der Waals surface area (Å²) in [6, 6.07) is 0. The van der Waals surface area contributed by atoms with Crippen molar-refractivity contribution in [1.29, 1.82) is 0 Å². The van der Waals surface area contributed by atoms with Crippen LogP contribution in [0.2, 0.25) is 0 Å². The number of aromatic nitrogens is 2. The zero-order valence-corrected chi connectivity index (χ0v) is 11.0. The van der Waals surface area contributed by atoms with Crippen molar-refractivity contribution >= 4 is 29.3 Å². The van der Waals surface area contributed by atoms with Gasteiger partial charge in [0.2, 0.25) is 0 Å². The van der Waals surface area contributed by atoms with Crippen LogP contribution in [0.4, 0.5) is 5.82 Å². The van der Waals surface area contributed by atoms with E-state index in [1.807, 2.05) is 30.6 Å². The van der Waals surface area contributed by atoms with E-state index < -0.39 is 0 Å². The van der Waals surface area contributed by atoms with Gasteiger partial charge in [-0.15, -0.1) is 0 Å². The van der Waals surface area contributed by atoms with E-state index >= 15 is 0 Å². The largest absolute Gasteiger partial charge is 0.373 e. The molecule has 0 aromatic carbocycles. The molecule has 0 saturated carbocycles. The summed E-state index contributed by atoms with van der Waals surface area (Å²) in [7, 11) is 1.96. The molecule has 0 spiro atoms. The van der Waals surface area contributed by atoms with Crippen LogP contribution in [-0.4, -0.2) is 22.8 Å². The second kappa shape index (κ2) is 4.45. The van der Waals surface area contributed by atoms with Crippen LogP contribution >= 0.6 is 23.5 Å². The second-order valence-corrected chi connectivity index (χ2v) is 6.40. The zero-order valence-electron chi connectivity index (χ0n) is 9.32. The van der Waals surface area contributed by atoms with Gasteiger partial charge in [0.1, 0.15) is 11.6 Å². The van der Waals surface area contributed by atoms with Crippen molar-refractivity contribution in [3.63, 3.8) is 0 Å². The highest BCUT2D eigenvalue weighted by molar-refractivity contribution is 7.99. The van der Waals surface area contributed by atoms with Crippen molar-refractivity contribution in [2.24, 2.45) is 0 Å². The van der Waals surface area contributed by atoms with E-state index in [-0.39, 0.29) is 0 Å². The topological polar surface area (TPSA) is 37.8 Å². The van der Waals surface area contributed by atoms with E-state index in [0.717, 1.165) is 23.1 Å². The number of nitrogens with one attached hydrogen (secondary N) is 1. The van der Waals surface area contributed by atoms with Gasteiger partial charge in [0.05, 0.1) is 10.9 Å². The van der Waals surface area contributed by atoms with Crippen LogP contribution in [0.15, 0.2) is 0 Å². The lowest BCUT2D eigenvalue weighted by Crippen LogP contribution is -2.07. The van der Waals surface area contributed by atoms with Crippen LogP contribution < -0.4 is 5.32 Å². The van der Waals surface area contributed by atoms with Gasteiger partial charge in [-0.1, -0.05) is 0 Å². The Morgan fingerprint density at radius 1 is 1.31 bits per heavy atom. The summed E-state index contributed by atoms with van der Waals surface area (Å²) >= 11 is 3.93. The van der Waals surface area contributed by atoms with Crippen molar-refractivity contribution in [2.75, 3.05) is 18.1 Å². The van der Waals surface area contributed by atoms with Crippen molar-refractivity contribution < 1.29 is 0 Å². The third-order valence-electron chi connectivity index (χ3n) is 3.05. The second-order valence-electron chi connectivity index (χ2n) is 4.10. The molecule has 86 valence electrons. The van der Waals surface area contributed by atoms with Gasteiger partial charge in [0, 0.05) is 24.1 Å². The normalized spacial score (nSPS) is 23.4. The molecule has 1 fully saturated rings. The number of rotatable bonds is 2. The van der Waals surface area contributed by atoms with E-state index in [1.54, 1.807) is 0 Å². The van der Waals surface area contributed by atoms with E-state index in [9.17, 15) is 0 Å². The molecule has 2 aliphatic rings. The molecule has 3 heterocycles. The number of anilines is 1. The molecule has 1 N–H and O–H groups in total. The van der Waals surface area contributed by atoms with Crippen LogP contribution in [0.25, 0.3) is 0 Å². The molecular formula is C11H15N3S2. The molecule has 3 nitrogen and oxygen atoms in total. The Morgan fingerprint density at radius 2 is 2.25 bits per heavy atom. The van der Waals surface area contributed by atoms with Gasteiger partial charge in [0.15, 0.2) is 0 Å². The molecule has 0 aliphatic carbocycles. The maximum atomic E-state index is 4.75. The Morgan fingerprint density at radius 3 is 3.00 bits per heavy atom. The van der Waals surface area contributed by atoms with Crippen LogP contribution in [0.3, 0.4) is 0 Å². The number of hydrogen-bond acceptors (Lipinski definition) is 5. The van der Waals surface area contributed by atoms with Gasteiger partial charge >= 0.3 is 0 Å². The fourth-order valence-corrected chi connectivity index (χ4v) is 4.45. The van der Waals surface area contributed by atoms with Gasteiger partial charge in [-0.3, -0.25) is 0 Å². The maximum absolute atomic E-state index is 4.75. The molecule has 0 amide bonds. The molecule has 1 saturated heterocycles. The number of nitrogens with zero attached hydrogens (tertiary/aromatic N) is 2. The third kappa shape index (κ3) is 1.80. The molecule has 1 aromatic heterocycles. The average molecular weight is 253 g/mol. The standard InChI is InChI=1S/C11H15N3S2/c1-12-10-7-5-15-6-8(7)13-11(14-10)9-3-2-4-16-9/h9H,2-6H2,1H3,(H,12,13,14). The molecule has 5 heteroatoms. The third-order valence-corrected chi connectivity index (χ3v) is 5.39. The Hall–Kier alpha value is -0.420. The van der Waals surface area contributed by atoms with E-state index in [2.05, 4.69) is 10.3 Å². The Kier molecular flexibility index (Phi) is 2.98.